The van der Waals surface area contributed by atoms with Crippen LogP contribution in [0.2, 0.25) is 0 Å². The highest BCUT2D eigenvalue weighted by molar-refractivity contribution is 7.98. The molecular weight excluding hydrogens is 268 g/mol. The zero-order valence-electron chi connectivity index (χ0n) is 11.7. The Bertz CT molecular complexity index is 327. The maximum Gasteiger partial charge on any atom is 0.214 e. The lowest BCUT2D eigenvalue weighted by Gasteiger charge is -2.27. The third-order valence-corrected chi connectivity index (χ3v) is 6.41. The molecule has 18 heavy (non-hydrogen) atoms. The normalized spacial score (nSPS) is 23.2. The summed E-state index contributed by atoms with van der Waals surface area (Å²) >= 11 is 1.68. The van der Waals surface area contributed by atoms with E-state index in [2.05, 4.69) is 5.32 Å². The van der Waals surface area contributed by atoms with Crippen LogP contribution in [-0.4, -0.2) is 56.2 Å². The molecule has 0 aromatic carbocycles. The average Bonchev–Trinajstić information content (AvgIpc) is 2.37. The molecule has 0 aromatic rings. The second-order valence-electron chi connectivity index (χ2n) is 5.07. The Hall–Kier alpha value is 0.220. The second kappa shape index (κ2) is 7.72. The van der Waals surface area contributed by atoms with E-state index in [-0.39, 0.29) is 11.8 Å². The first kappa shape index (κ1) is 16.3. The maximum atomic E-state index is 12.2. The zero-order valence-corrected chi connectivity index (χ0v) is 13.3. The summed E-state index contributed by atoms with van der Waals surface area (Å²) < 4.78 is 25.9. The van der Waals surface area contributed by atoms with Gasteiger partial charge in [0.1, 0.15) is 0 Å². The predicted octanol–water partition coefficient (Wildman–Crippen LogP) is 1.53. The van der Waals surface area contributed by atoms with Gasteiger partial charge in [-0.25, -0.2) is 12.7 Å². The summed E-state index contributed by atoms with van der Waals surface area (Å²) in [6, 6.07) is 0.460. The van der Waals surface area contributed by atoms with E-state index in [0.717, 1.165) is 25.1 Å². The van der Waals surface area contributed by atoms with Crippen LogP contribution < -0.4 is 5.32 Å². The third-order valence-electron chi connectivity index (χ3n) is 3.60. The predicted molar refractivity (Wildman–Crippen MR) is 79.7 cm³/mol. The summed E-state index contributed by atoms with van der Waals surface area (Å²) in [6.45, 7) is 3.00. The lowest BCUT2D eigenvalue weighted by Crippen LogP contribution is -2.41. The molecule has 0 aromatic heterocycles. The van der Waals surface area contributed by atoms with Gasteiger partial charge in [-0.1, -0.05) is 6.42 Å². The second-order valence-corrected chi connectivity index (χ2v) is 8.13. The minimum atomic E-state index is -3.10. The van der Waals surface area contributed by atoms with Gasteiger partial charge in [-0.3, -0.25) is 0 Å². The number of hydrogen-bond donors (Lipinski definition) is 1. The summed E-state index contributed by atoms with van der Waals surface area (Å²) in [7, 11) is -1.40. The third kappa shape index (κ3) is 5.07. The van der Waals surface area contributed by atoms with Gasteiger partial charge < -0.3 is 5.32 Å². The Balaban J connectivity index is 2.42. The van der Waals surface area contributed by atoms with E-state index in [1.54, 1.807) is 18.8 Å². The van der Waals surface area contributed by atoms with Crippen LogP contribution >= 0.6 is 11.8 Å². The molecule has 1 aliphatic rings. The van der Waals surface area contributed by atoms with E-state index >= 15 is 0 Å². The Morgan fingerprint density at radius 1 is 1.44 bits per heavy atom. The molecule has 108 valence electrons. The van der Waals surface area contributed by atoms with Crippen molar-refractivity contribution in [2.24, 2.45) is 0 Å². The highest BCUT2D eigenvalue weighted by Gasteiger charge is 2.24. The van der Waals surface area contributed by atoms with Crippen LogP contribution in [0.25, 0.3) is 0 Å². The van der Waals surface area contributed by atoms with Crippen LogP contribution in [0.3, 0.4) is 0 Å². The highest BCUT2D eigenvalue weighted by Crippen LogP contribution is 2.14. The Morgan fingerprint density at radius 2 is 2.17 bits per heavy atom. The highest BCUT2D eigenvalue weighted by atomic mass is 32.2. The summed E-state index contributed by atoms with van der Waals surface area (Å²) in [6.07, 6.45) is 6.28. The topological polar surface area (TPSA) is 49.4 Å². The molecule has 0 bridgehead atoms. The number of nitrogens with one attached hydrogen (secondary N) is 1. The van der Waals surface area contributed by atoms with Crippen LogP contribution in [0.15, 0.2) is 0 Å². The quantitative estimate of drug-likeness (QED) is 0.774. The molecule has 0 aliphatic carbocycles. The van der Waals surface area contributed by atoms with Crippen LogP contribution in [0.5, 0.6) is 0 Å². The Morgan fingerprint density at radius 3 is 2.72 bits per heavy atom. The van der Waals surface area contributed by atoms with E-state index in [1.165, 1.54) is 17.1 Å². The molecule has 0 amide bonds. The van der Waals surface area contributed by atoms with Crippen molar-refractivity contribution in [3.8, 4) is 0 Å². The number of sulfonamides is 1. The van der Waals surface area contributed by atoms with E-state index < -0.39 is 10.0 Å². The first-order chi connectivity index (χ1) is 8.47. The monoisotopic (exact) mass is 294 g/mol. The largest absolute Gasteiger partial charge is 0.314 e. The van der Waals surface area contributed by atoms with Gasteiger partial charge in [0, 0.05) is 24.9 Å². The molecule has 1 fully saturated rings. The van der Waals surface area contributed by atoms with Gasteiger partial charge in [0.15, 0.2) is 0 Å². The molecular formula is C12H26N2O2S2. The molecule has 0 saturated carbocycles. The SMILES string of the molecule is CSCC(C)N(C)S(=O)(=O)CCC1CCCCN1. The van der Waals surface area contributed by atoms with E-state index in [0.29, 0.717) is 6.04 Å². The smallest absolute Gasteiger partial charge is 0.214 e. The summed E-state index contributed by atoms with van der Waals surface area (Å²) in [5.41, 5.74) is 0. The average molecular weight is 294 g/mol. The van der Waals surface area contributed by atoms with E-state index in [4.69, 9.17) is 0 Å². The first-order valence-corrected chi connectivity index (χ1v) is 9.65. The summed E-state index contributed by atoms with van der Waals surface area (Å²) in [5, 5.41) is 3.40. The molecule has 0 radical (unpaired) electrons. The van der Waals surface area contributed by atoms with Crippen molar-refractivity contribution in [1.82, 2.24) is 9.62 Å². The fourth-order valence-electron chi connectivity index (χ4n) is 2.23. The molecule has 1 rings (SSSR count). The molecule has 1 aliphatic heterocycles. The van der Waals surface area contributed by atoms with Crippen molar-refractivity contribution in [3.63, 3.8) is 0 Å². The van der Waals surface area contributed by atoms with Crippen LogP contribution in [-0.2, 0) is 10.0 Å². The minimum Gasteiger partial charge on any atom is -0.314 e. The molecule has 6 heteroatoms. The summed E-state index contributed by atoms with van der Waals surface area (Å²) in [5.74, 6) is 1.11. The molecule has 1 heterocycles. The standard InChI is InChI=1S/C12H26N2O2S2/c1-11(10-17-3)14(2)18(15,16)9-7-12-6-4-5-8-13-12/h11-13H,4-10H2,1-3H3. The molecule has 4 nitrogen and oxygen atoms in total. The fourth-order valence-corrected chi connectivity index (χ4v) is 4.52. The lowest BCUT2D eigenvalue weighted by atomic mass is 10.0. The van der Waals surface area contributed by atoms with Crippen LogP contribution in [0, 0.1) is 0 Å². The number of piperidine rings is 1. The van der Waals surface area contributed by atoms with Crippen molar-refractivity contribution in [2.45, 2.75) is 44.7 Å². The van der Waals surface area contributed by atoms with E-state index in [1.807, 2.05) is 13.2 Å². The van der Waals surface area contributed by atoms with Crippen molar-refractivity contribution >= 4 is 21.8 Å². The number of thioether (sulfide) groups is 1. The number of hydrogen-bond acceptors (Lipinski definition) is 4. The van der Waals surface area contributed by atoms with Crippen molar-refractivity contribution in [2.75, 3.05) is 31.4 Å². The van der Waals surface area contributed by atoms with Crippen LogP contribution in [0.1, 0.15) is 32.6 Å². The number of rotatable bonds is 7. The van der Waals surface area contributed by atoms with Gasteiger partial charge >= 0.3 is 0 Å². The van der Waals surface area contributed by atoms with Crippen molar-refractivity contribution in [1.29, 1.82) is 0 Å². The maximum absolute atomic E-state index is 12.2. The van der Waals surface area contributed by atoms with Crippen LogP contribution in [0.4, 0.5) is 0 Å². The van der Waals surface area contributed by atoms with Gasteiger partial charge in [0.05, 0.1) is 5.75 Å². The van der Waals surface area contributed by atoms with Crippen molar-refractivity contribution in [3.05, 3.63) is 0 Å². The molecule has 1 N–H and O–H groups in total. The van der Waals surface area contributed by atoms with Gasteiger partial charge in [-0.2, -0.15) is 11.8 Å². The minimum absolute atomic E-state index is 0.0734. The summed E-state index contributed by atoms with van der Waals surface area (Å²) in [4.78, 5) is 0. The number of nitrogens with zero attached hydrogens (tertiary/aromatic N) is 1. The Labute approximate surface area is 116 Å². The molecule has 2 unspecified atom stereocenters. The molecule has 0 spiro atoms. The zero-order chi connectivity index (χ0) is 13.6. The van der Waals surface area contributed by atoms with Gasteiger partial charge in [-0.15, -0.1) is 0 Å². The molecule has 2 atom stereocenters. The lowest BCUT2D eigenvalue weighted by molar-refractivity contribution is 0.382. The Kier molecular flexibility index (Phi) is 6.98. The first-order valence-electron chi connectivity index (χ1n) is 6.65. The van der Waals surface area contributed by atoms with E-state index in [9.17, 15) is 8.42 Å². The van der Waals surface area contributed by atoms with Gasteiger partial charge in [0.25, 0.3) is 0 Å². The van der Waals surface area contributed by atoms with Gasteiger partial charge in [0.2, 0.25) is 10.0 Å². The van der Waals surface area contributed by atoms with Gasteiger partial charge in [-0.05, 0) is 39.0 Å². The molecule has 1 saturated heterocycles. The van der Waals surface area contributed by atoms with Crippen molar-refractivity contribution < 1.29 is 8.42 Å². The fraction of sp³-hybridized carbons (Fsp3) is 1.00.